The fourth-order valence-electron chi connectivity index (χ4n) is 4.36. The second-order valence-corrected chi connectivity index (χ2v) is 12.7. The number of amides is 3. The summed E-state index contributed by atoms with van der Waals surface area (Å²) in [5, 5.41) is 2.51. The molecule has 2 heterocycles. The zero-order valence-corrected chi connectivity index (χ0v) is 23.6. The van der Waals surface area contributed by atoms with E-state index in [1.165, 1.54) is 12.2 Å². The van der Waals surface area contributed by atoms with Crippen molar-refractivity contribution in [2.45, 2.75) is 78.0 Å². The Hall–Kier alpha value is -1.43. The summed E-state index contributed by atoms with van der Waals surface area (Å²) in [5.74, 6) is -0.707. The van der Waals surface area contributed by atoms with Crippen molar-refractivity contribution in [3.63, 3.8) is 0 Å². The van der Waals surface area contributed by atoms with E-state index in [0.717, 1.165) is 4.90 Å². The van der Waals surface area contributed by atoms with E-state index in [-0.39, 0.29) is 42.8 Å². The summed E-state index contributed by atoms with van der Waals surface area (Å²) in [4.78, 5) is 57.9. The van der Waals surface area contributed by atoms with Gasteiger partial charge >= 0.3 is 15.6 Å². The summed E-state index contributed by atoms with van der Waals surface area (Å²) < 4.78 is 38.7. The smallest absolute Gasteiger partial charge is 0.354 e. The summed E-state index contributed by atoms with van der Waals surface area (Å²) in [6, 6.07) is 0.341. The van der Waals surface area contributed by atoms with Crippen molar-refractivity contribution >= 4 is 33.4 Å². The molecule has 3 N–H and O–H groups in total. The van der Waals surface area contributed by atoms with Crippen molar-refractivity contribution in [3.8, 4) is 0 Å². The van der Waals surface area contributed by atoms with Crippen molar-refractivity contribution in [2.24, 2.45) is 5.92 Å². The molecule has 2 aliphatic heterocycles. The highest BCUT2D eigenvalue weighted by Crippen LogP contribution is 2.61. The van der Waals surface area contributed by atoms with Crippen molar-refractivity contribution < 1.29 is 46.7 Å². The number of hydrogen-bond acceptors (Lipinski definition) is 9. The molecule has 1 fully saturated rings. The Morgan fingerprint density at radius 1 is 1.08 bits per heavy atom. The predicted octanol–water partition coefficient (Wildman–Crippen LogP) is 2.35. The van der Waals surface area contributed by atoms with Crippen LogP contribution < -0.4 is 5.32 Å². The Bertz CT molecular complexity index is 908. The molecule has 2 rings (SSSR count). The normalized spacial score (nSPS) is 23.7. The molecule has 3 unspecified atom stereocenters. The third-order valence-corrected chi connectivity index (χ3v) is 8.86. The number of phosphoric acid groups is 2. The second-order valence-electron chi connectivity index (χ2n) is 9.74. The minimum Gasteiger partial charge on any atom is -0.354 e. The first-order valence-corrected chi connectivity index (χ1v) is 15.5. The molecule has 0 aromatic rings. The maximum atomic E-state index is 12.3. The molecule has 0 aromatic carbocycles. The van der Waals surface area contributed by atoms with Crippen LogP contribution in [0.4, 0.5) is 0 Å². The molecule has 1 saturated heterocycles. The van der Waals surface area contributed by atoms with Crippen LogP contribution in [0.1, 0.15) is 59.8 Å². The lowest BCUT2D eigenvalue weighted by atomic mass is 10.0. The van der Waals surface area contributed by atoms with E-state index in [2.05, 4.69) is 14.5 Å². The Morgan fingerprint density at radius 3 is 2.30 bits per heavy atom. The third-order valence-electron chi connectivity index (χ3n) is 6.13. The Labute approximate surface area is 217 Å². The van der Waals surface area contributed by atoms with Gasteiger partial charge in [0.05, 0.1) is 12.7 Å². The van der Waals surface area contributed by atoms with Crippen LogP contribution in [-0.4, -0.2) is 81.7 Å². The summed E-state index contributed by atoms with van der Waals surface area (Å²) in [5.41, 5.74) is 0. The number of rotatable bonds is 16. The minimum atomic E-state index is -4.92. The maximum Gasteiger partial charge on any atom is 0.481 e. The van der Waals surface area contributed by atoms with Crippen LogP contribution in [-0.2, 0) is 36.9 Å². The fourth-order valence-corrected chi connectivity index (χ4v) is 6.60. The minimum absolute atomic E-state index is 0.117. The van der Waals surface area contributed by atoms with Crippen LogP contribution in [0.2, 0.25) is 0 Å². The van der Waals surface area contributed by atoms with Crippen LogP contribution in [0.15, 0.2) is 12.2 Å². The monoisotopic (exact) mass is 567 g/mol. The predicted molar refractivity (Wildman–Crippen MR) is 134 cm³/mol. The van der Waals surface area contributed by atoms with Gasteiger partial charge in [-0.25, -0.2) is 9.13 Å². The van der Waals surface area contributed by atoms with E-state index in [0.29, 0.717) is 44.7 Å². The number of carbonyl (C=O) groups excluding carboxylic acids is 3. The largest absolute Gasteiger partial charge is 0.481 e. The molecular formula is C22H39N3O10P2. The molecule has 0 bridgehead atoms. The molecule has 0 aromatic heterocycles. The average molecular weight is 568 g/mol. The van der Waals surface area contributed by atoms with Gasteiger partial charge in [0.15, 0.2) is 0 Å². The highest BCUT2D eigenvalue weighted by Gasteiger charge is 2.42. The second kappa shape index (κ2) is 14.1. The molecular weight excluding hydrogens is 528 g/mol. The number of nitrogens with zero attached hydrogens (tertiary/aromatic N) is 2. The molecule has 3 amide bonds. The van der Waals surface area contributed by atoms with Crippen LogP contribution in [0.5, 0.6) is 0 Å². The molecule has 2 aliphatic rings. The molecule has 4 atom stereocenters. The SMILES string of the molecule is CC(C)C1C[C@@H](OP(=O)(O)OP(=O)(O)OCCNC(=O)CCCCCN2C(=O)C=CC2=O)CN1C(C)C. The first kappa shape index (κ1) is 31.8. The van der Waals surface area contributed by atoms with Crippen LogP contribution in [0.25, 0.3) is 0 Å². The molecule has 212 valence electrons. The van der Waals surface area contributed by atoms with E-state index in [4.69, 9.17) is 9.05 Å². The number of unbranched alkanes of at least 4 members (excludes halogenated alkanes) is 2. The lowest BCUT2D eigenvalue weighted by Crippen LogP contribution is -2.38. The van der Waals surface area contributed by atoms with Gasteiger partial charge < -0.3 is 15.1 Å². The Morgan fingerprint density at radius 2 is 1.73 bits per heavy atom. The molecule has 0 aliphatic carbocycles. The number of likely N-dealkylation sites (tertiary alicyclic amines) is 1. The average Bonchev–Trinajstić information content (AvgIpc) is 3.33. The third kappa shape index (κ3) is 10.7. The first-order chi connectivity index (χ1) is 17.2. The van der Waals surface area contributed by atoms with Crippen LogP contribution >= 0.6 is 15.6 Å². The Balaban J connectivity index is 1.62. The van der Waals surface area contributed by atoms with Crippen molar-refractivity contribution in [1.82, 2.24) is 15.1 Å². The molecule has 0 spiro atoms. The highest BCUT2D eigenvalue weighted by molar-refractivity contribution is 7.61. The lowest BCUT2D eigenvalue weighted by molar-refractivity contribution is -0.137. The molecule has 0 radical (unpaired) electrons. The van der Waals surface area contributed by atoms with Crippen LogP contribution in [0.3, 0.4) is 0 Å². The molecule has 0 saturated carbocycles. The summed E-state index contributed by atoms with van der Waals surface area (Å²) in [7, 11) is -9.80. The van der Waals surface area contributed by atoms with E-state index in [1.807, 2.05) is 27.7 Å². The van der Waals surface area contributed by atoms with Gasteiger partial charge in [-0.15, -0.1) is 0 Å². The van der Waals surface area contributed by atoms with E-state index >= 15 is 0 Å². The van der Waals surface area contributed by atoms with Gasteiger partial charge in [0.25, 0.3) is 11.8 Å². The van der Waals surface area contributed by atoms with E-state index < -0.39 is 28.4 Å². The standard InChI is InChI=1S/C22H39N3O10P2/c1-16(2)19-14-18(15-25(19)17(3)4)34-37(31,32)35-36(29,30)33-13-11-23-20(26)8-6-5-7-12-24-21(27)9-10-22(24)28/h9-10,16-19H,5-8,11-15H2,1-4H3,(H,23,26)(H,29,30)(H,31,32)/t18-,19?/m1/s1. The zero-order valence-electron chi connectivity index (χ0n) is 21.8. The number of hydrogen-bond donors (Lipinski definition) is 3. The van der Waals surface area contributed by atoms with Gasteiger partial charge in [0.2, 0.25) is 5.91 Å². The summed E-state index contributed by atoms with van der Waals surface area (Å²) in [6.07, 6.45) is 4.18. The molecule has 37 heavy (non-hydrogen) atoms. The summed E-state index contributed by atoms with van der Waals surface area (Å²) in [6.45, 7) is 8.27. The summed E-state index contributed by atoms with van der Waals surface area (Å²) >= 11 is 0. The van der Waals surface area contributed by atoms with Gasteiger partial charge in [-0.2, -0.15) is 4.31 Å². The Kier molecular flexibility index (Phi) is 12.1. The number of carbonyl (C=O) groups is 3. The molecule has 13 nitrogen and oxygen atoms in total. The van der Waals surface area contributed by atoms with E-state index in [1.54, 1.807) is 0 Å². The molecule has 15 heteroatoms. The fraction of sp³-hybridized carbons (Fsp3) is 0.773. The topological polar surface area (TPSA) is 172 Å². The lowest BCUT2D eigenvalue weighted by Gasteiger charge is -2.30. The van der Waals surface area contributed by atoms with Gasteiger partial charge in [0.1, 0.15) is 0 Å². The number of phosphoric ester groups is 2. The maximum absolute atomic E-state index is 12.3. The number of nitrogens with one attached hydrogen (secondary N) is 1. The van der Waals surface area contributed by atoms with Crippen molar-refractivity contribution in [3.05, 3.63) is 12.2 Å². The van der Waals surface area contributed by atoms with Gasteiger partial charge in [-0.3, -0.25) is 33.2 Å². The van der Waals surface area contributed by atoms with Crippen LogP contribution in [0, 0.1) is 5.92 Å². The van der Waals surface area contributed by atoms with E-state index in [9.17, 15) is 33.3 Å². The van der Waals surface area contributed by atoms with Crippen molar-refractivity contribution in [2.75, 3.05) is 26.2 Å². The number of imide groups is 1. The van der Waals surface area contributed by atoms with Gasteiger partial charge in [0, 0.05) is 50.3 Å². The highest BCUT2D eigenvalue weighted by atomic mass is 31.3. The first-order valence-electron chi connectivity index (χ1n) is 12.5. The van der Waals surface area contributed by atoms with Crippen molar-refractivity contribution in [1.29, 1.82) is 0 Å². The zero-order chi connectivity index (χ0) is 27.8. The quantitative estimate of drug-likeness (QED) is 0.142. The van der Waals surface area contributed by atoms with Gasteiger partial charge in [-0.05, 0) is 39.0 Å². The van der Waals surface area contributed by atoms with Gasteiger partial charge in [-0.1, -0.05) is 20.3 Å².